The Morgan fingerprint density at radius 2 is 2.05 bits per heavy atom. The van der Waals surface area contributed by atoms with Gasteiger partial charge >= 0.3 is 0 Å². The number of ether oxygens (including phenoxy) is 1. The van der Waals surface area contributed by atoms with Gasteiger partial charge in [0.2, 0.25) is 11.8 Å². The lowest BCUT2D eigenvalue weighted by molar-refractivity contribution is -0.128. The van der Waals surface area contributed by atoms with E-state index in [-0.39, 0.29) is 30.2 Å². The van der Waals surface area contributed by atoms with Gasteiger partial charge in [-0.05, 0) is 12.5 Å². The summed E-state index contributed by atoms with van der Waals surface area (Å²) in [6.45, 7) is 2.95. The van der Waals surface area contributed by atoms with Crippen molar-refractivity contribution in [2.24, 2.45) is 5.92 Å². The number of carbonyl (C=O) groups excluding carboxylic acids is 2. The fourth-order valence-electron chi connectivity index (χ4n) is 2.73. The van der Waals surface area contributed by atoms with Gasteiger partial charge in [0.05, 0.1) is 18.6 Å². The Hall–Kier alpha value is -1.88. The highest BCUT2D eigenvalue weighted by Gasteiger charge is 2.42. The summed E-state index contributed by atoms with van der Waals surface area (Å²) >= 11 is 0. The molecule has 1 N–H and O–H groups in total. The Balaban J connectivity index is 2.16. The topological polar surface area (TPSA) is 58.6 Å². The van der Waals surface area contributed by atoms with Gasteiger partial charge in [0.15, 0.2) is 0 Å². The Morgan fingerprint density at radius 3 is 2.67 bits per heavy atom. The molecule has 2 rings (SSSR count). The summed E-state index contributed by atoms with van der Waals surface area (Å²) in [5.74, 6) is -0.426. The molecule has 1 aromatic rings. The predicted octanol–water partition coefficient (Wildman–Crippen LogP) is 1.28. The van der Waals surface area contributed by atoms with Crippen LogP contribution >= 0.6 is 0 Å². The number of nitrogens with zero attached hydrogens (tertiary/aromatic N) is 1. The first-order valence-electron chi connectivity index (χ1n) is 7.13. The van der Waals surface area contributed by atoms with Crippen LogP contribution in [0, 0.1) is 12.8 Å². The molecule has 1 aliphatic heterocycles. The zero-order valence-corrected chi connectivity index (χ0v) is 12.8. The van der Waals surface area contributed by atoms with Gasteiger partial charge in [-0.3, -0.25) is 9.59 Å². The molecule has 21 heavy (non-hydrogen) atoms. The molecule has 0 bridgehead atoms. The fourth-order valence-corrected chi connectivity index (χ4v) is 2.73. The van der Waals surface area contributed by atoms with Crippen molar-refractivity contribution in [2.75, 3.05) is 27.3 Å². The van der Waals surface area contributed by atoms with Crippen LogP contribution in [0.25, 0.3) is 0 Å². The van der Waals surface area contributed by atoms with Gasteiger partial charge in [0.1, 0.15) is 0 Å². The highest BCUT2D eigenvalue weighted by atomic mass is 16.5. The summed E-state index contributed by atoms with van der Waals surface area (Å²) in [5, 5.41) is 2.83. The molecular weight excluding hydrogens is 268 g/mol. The lowest BCUT2D eigenvalue weighted by atomic mass is 9.92. The SMILES string of the molecule is COCCNC(=O)[C@@H]1CC(=O)N(C)[C@H]1c1ccc(C)cc1. The lowest BCUT2D eigenvalue weighted by Crippen LogP contribution is -2.36. The third kappa shape index (κ3) is 3.42. The second-order valence-electron chi connectivity index (χ2n) is 5.45. The number of benzene rings is 1. The first-order chi connectivity index (χ1) is 10.0. The lowest BCUT2D eigenvalue weighted by Gasteiger charge is -2.25. The highest BCUT2D eigenvalue weighted by molar-refractivity contribution is 5.90. The molecule has 1 aromatic carbocycles. The van der Waals surface area contributed by atoms with Crippen LogP contribution in [0.15, 0.2) is 24.3 Å². The van der Waals surface area contributed by atoms with Crippen LogP contribution in [0.5, 0.6) is 0 Å². The number of rotatable bonds is 5. The number of carbonyl (C=O) groups is 2. The summed E-state index contributed by atoms with van der Waals surface area (Å²) in [5.41, 5.74) is 2.16. The standard InChI is InChI=1S/C16H22N2O3/c1-11-4-6-12(7-5-11)15-13(10-14(19)18(15)2)16(20)17-8-9-21-3/h4-7,13,15H,8-10H2,1-3H3,(H,17,20)/t13-,15+/m1/s1. The minimum absolute atomic E-state index is 0.00691. The van der Waals surface area contributed by atoms with E-state index in [1.54, 1.807) is 19.1 Å². The van der Waals surface area contributed by atoms with Crippen molar-refractivity contribution in [2.45, 2.75) is 19.4 Å². The Kier molecular flexibility index (Phi) is 4.96. The Bertz CT molecular complexity index is 513. The van der Waals surface area contributed by atoms with Crippen LogP contribution < -0.4 is 5.32 Å². The summed E-state index contributed by atoms with van der Waals surface area (Å²) < 4.78 is 4.93. The van der Waals surface area contributed by atoms with Crippen molar-refractivity contribution in [3.05, 3.63) is 35.4 Å². The predicted molar refractivity (Wildman–Crippen MR) is 79.7 cm³/mol. The second kappa shape index (κ2) is 6.72. The van der Waals surface area contributed by atoms with Crippen molar-refractivity contribution in [3.63, 3.8) is 0 Å². The third-order valence-electron chi connectivity index (χ3n) is 3.95. The zero-order valence-electron chi connectivity index (χ0n) is 12.8. The maximum Gasteiger partial charge on any atom is 0.226 e. The molecule has 5 nitrogen and oxygen atoms in total. The Labute approximate surface area is 125 Å². The van der Waals surface area contributed by atoms with Crippen molar-refractivity contribution in [3.8, 4) is 0 Å². The van der Waals surface area contributed by atoms with Crippen molar-refractivity contribution >= 4 is 11.8 Å². The van der Waals surface area contributed by atoms with Gasteiger partial charge in [-0.1, -0.05) is 29.8 Å². The first-order valence-corrected chi connectivity index (χ1v) is 7.13. The molecule has 0 saturated carbocycles. The van der Waals surface area contributed by atoms with Crippen LogP contribution in [0.2, 0.25) is 0 Å². The zero-order chi connectivity index (χ0) is 15.4. The molecule has 2 amide bonds. The normalized spacial score (nSPS) is 21.7. The molecule has 1 saturated heterocycles. The van der Waals surface area contributed by atoms with Gasteiger partial charge in [-0.15, -0.1) is 0 Å². The molecule has 5 heteroatoms. The van der Waals surface area contributed by atoms with E-state index in [1.165, 1.54) is 0 Å². The van der Waals surface area contributed by atoms with E-state index in [1.807, 2.05) is 31.2 Å². The molecule has 0 spiro atoms. The maximum atomic E-state index is 12.3. The number of amides is 2. The van der Waals surface area contributed by atoms with Gasteiger partial charge in [0.25, 0.3) is 0 Å². The minimum Gasteiger partial charge on any atom is -0.383 e. The third-order valence-corrected chi connectivity index (χ3v) is 3.95. The van der Waals surface area contributed by atoms with Gasteiger partial charge in [-0.2, -0.15) is 0 Å². The molecule has 1 fully saturated rings. The molecule has 0 aromatic heterocycles. The summed E-state index contributed by atoms with van der Waals surface area (Å²) in [4.78, 5) is 26.0. The van der Waals surface area contributed by atoms with E-state index in [0.29, 0.717) is 13.2 Å². The molecule has 1 heterocycles. The summed E-state index contributed by atoms with van der Waals surface area (Å²) in [7, 11) is 3.35. The molecular formula is C16H22N2O3. The van der Waals surface area contributed by atoms with Crippen LogP contribution in [-0.4, -0.2) is 44.0 Å². The van der Waals surface area contributed by atoms with E-state index in [2.05, 4.69) is 5.32 Å². The van der Waals surface area contributed by atoms with Crippen molar-refractivity contribution in [1.82, 2.24) is 10.2 Å². The molecule has 2 atom stereocenters. The van der Waals surface area contributed by atoms with Crippen molar-refractivity contribution in [1.29, 1.82) is 0 Å². The Morgan fingerprint density at radius 1 is 1.38 bits per heavy atom. The quantitative estimate of drug-likeness (QED) is 0.831. The number of hydrogen-bond donors (Lipinski definition) is 1. The van der Waals surface area contributed by atoms with E-state index >= 15 is 0 Å². The van der Waals surface area contributed by atoms with Crippen LogP contribution in [0.4, 0.5) is 0 Å². The van der Waals surface area contributed by atoms with Gasteiger partial charge in [-0.25, -0.2) is 0 Å². The minimum atomic E-state index is -0.345. The first kappa shape index (κ1) is 15.5. The second-order valence-corrected chi connectivity index (χ2v) is 5.45. The van der Waals surface area contributed by atoms with Crippen LogP contribution in [0.3, 0.4) is 0 Å². The number of likely N-dealkylation sites (tertiary alicyclic amines) is 1. The number of hydrogen-bond acceptors (Lipinski definition) is 3. The van der Waals surface area contributed by atoms with Gasteiger partial charge < -0.3 is 15.0 Å². The molecule has 0 unspecified atom stereocenters. The summed E-state index contributed by atoms with van der Waals surface area (Å²) in [6.07, 6.45) is 0.258. The highest BCUT2D eigenvalue weighted by Crippen LogP contribution is 2.37. The molecule has 0 radical (unpaired) electrons. The smallest absolute Gasteiger partial charge is 0.226 e. The average Bonchev–Trinajstić information content (AvgIpc) is 2.76. The molecule has 114 valence electrons. The van der Waals surface area contributed by atoms with Gasteiger partial charge in [0, 0.05) is 27.1 Å². The maximum absolute atomic E-state index is 12.3. The average molecular weight is 290 g/mol. The van der Waals surface area contributed by atoms with Crippen LogP contribution in [0.1, 0.15) is 23.6 Å². The fraction of sp³-hybridized carbons (Fsp3) is 0.500. The molecule has 1 aliphatic rings. The van der Waals surface area contributed by atoms with Crippen LogP contribution in [-0.2, 0) is 14.3 Å². The van der Waals surface area contributed by atoms with E-state index in [9.17, 15) is 9.59 Å². The summed E-state index contributed by atoms with van der Waals surface area (Å²) in [6, 6.07) is 7.80. The number of aryl methyl sites for hydroxylation is 1. The largest absolute Gasteiger partial charge is 0.383 e. The van der Waals surface area contributed by atoms with E-state index in [4.69, 9.17) is 4.74 Å². The van der Waals surface area contributed by atoms with Crippen molar-refractivity contribution < 1.29 is 14.3 Å². The van der Waals surface area contributed by atoms with E-state index < -0.39 is 0 Å². The van der Waals surface area contributed by atoms with E-state index in [0.717, 1.165) is 11.1 Å². The number of nitrogens with one attached hydrogen (secondary N) is 1. The number of methoxy groups -OCH3 is 1. The molecule has 0 aliphatic carbocycles. The monoisotopic (exact) mass is 290 g/mol.